The highest BCUT2D eigenvalue weighted by Gasteiger charge is 2.50. The minimum absolute atomic E-state index is 0.0329. The number of carbonyl (C=O) groups is 1. The van der Waals surface area contributed by atoms with E-state index in [0.717, 1.165) is 39.3 Å². The summed E-state index contributed by atoms with van der Waals surface area (Å²) < 4.78 is 11.3. The van der Waals surface area contributed by atoms with Crippen molar-refractivity contribution in [1.82, 2.24) is 4.90 Å². The number of hydrogen-bond acceptors (Lipinski definition) is 3. The van der Waals surface area contributed by atoms with Crippen molar-refractivity contribution < 1.29 is 14.3 Å². The minimum atomic E-state index is -0.161. The maximum absolute atomic E-state index is 13.7. The SMILES string of the molecule is C=C1c2cc3c(cc2C(c2ccccc2)[C@H]2C(=O)N(Cc4ccccc4)C[C@@H]12)OCO3. The monoisotopic (exact) mass is 409 g/mol. The van der Waals surface area contributed by atoms with Gasteiger partial charge in [-0.3, -0.25) is 4.79 Å². The van der Waals surface area contributed by atoms with E-state index in [4.69, 9.17) is 9.47 Å². The van der Waals surface area contributed by atoms with Gasteiger partial charge in [-0.05, 0) is 40.0 Å². The van der Waals surface area contributed by atoms with Gasteiger partial charge in [-0.25, -0.2) is 0 Å². The first-order valence-corrected chi connectivity index (χ1v) is 10.7. The molecule has 0 spiro atoms. The first-order chi connectivity index (χ1) is 15.2. The van der Waals surface area contributed by atoms with Crippen molar-refractivity contribution in [3.63, 3.8) is 0 Å². The predicted molar refractivity (Wildman–Crippen MR) is 119 cm³/mol. The fourth-order valence-electron chi connectivity index (χ4n) is 5.41. The molecule has 0 N–H and O–H groups in total. The summed E-state index contributed by atoms with van der Waals surface area (Å²) in [5.74, 6) is 1.59. The molecule has 1 fully saturated rings. The van der Waals surface area contributed by atoms with Gasteiger partial charge in [0.05, 0.1) is 5.92 Å². The van der Waals surface area contributed by atoms with E-state index in [1.54, 1.807) is 0 Å². The summed E-state index contributed by atoms with van der Waals surface area (Å²) in [7, 11) is 0. The van der Waals surface area contributed by atoms with Crippen LogP contribution in [0, 0.1) is 11.8 Å². The molecule has 2 aliphatic heterocycles. The normalized spacial score (nSPS) is 23.6. The lowest BCUT2D eigenvalue weighted by molar-refractivity contribution is -0.132. The highest BCUT2D eigenvalue weighted by Crippen LogP contribution is 2.54. The molecular weight excluding hydrogens is 386 g/mol. The van der Waals surface area contributed by atoms with Crippen molar-refractivity contribution in [2.75, 3.05) is 13.3 Å². The standard InChI is InChI=1S/C27H23NO3/c1-17-20-12-23-24(31-16-30-23)13-21(20)25(19-10-6-3-7-11-19)26-22(17)15-28(27(26)29)14-18-8-4-2-5-9-18/h2-13,22,25-26H,1,14-16H2/t22-,25?,26-/m0/s1. The van der Waals surface area contributed by atoms with Crippen LogP contribution in [0.3, 0.4) is 0 Å². The Morgan fingerprint density at radius 1 is 0.935 bits per heavy atom. The summed E-state index contributed by atoms with van der Waals surface area (Å²) in [6, 6.07) is 24.7. The van der Waals surface area contributed by atoms with E-state index in [1.165, 1.54) is 0 Å². The van der Waals surface area contributed by atoms with Crippen LogP contribution in [0.25, 0.3) is 5.57 Å². The lowest BCUT2D eigenvalue weighted by atomic mass is 9.66. The molecular formula is C27H23NO3. The van der Waals surface area contributed by atoms with E-state index < -0.39 is 0 Å². The fraction of sp³-hybridized carbons (Fsp3) is 0.222. The van der Waals surface area contributed by atoms with E-state index >= 15 is 0 Å². The molecule has 1 aliphatic carbocycles. The summed E-state index contributed by atoms with van der Waals surface area (Å²) in [4.78, 5) is 15.7. The molecule has 0 bridgehead atoms. The van der Waals surface area contributed by atoms with Crippen molar-refractivity contribution in [1.29, 1.82) is 0 Å². The number of nitrogens with zero attached hydrogens (tertiary/aromatic N) is 1. The molecule has 3 atom stereocenters. The van der Waals surface area contributed by atoms with E-state index in [0.29, 0.717) is 13.1 Å². The Morgan fingerprint density at radius 2 is 1.61 bits per heavy atom. The summed E-state index contributed by atoms with van der Waals surface area (Å²) in [5.41, 5.74) is 5.52. The molecule has 154 valence electrons. The lowest BCUT2D eigenvalue weighted by Gasteiger charge is -2.36. The van der Waals surface area contributed by atoms with Crippen LogP contribution in [0.15, 0.2) is 79.4 Å². The number of rotatable bonds is 3. The predicted octanol–water partition coefficient (Wildman–Crippen LogP) is 4.85. The van der Waals surface area contributed by atoms with Gasteiger partial charge >= 0.3 is 0 Å². The van der Waals surface area contributed by atoms with Gasteiger partial charge in [0.2, 0.25) is 12.7 Å². The van der Waals surface area contributed by atoms with Gasteiger partial charge in [0, 0.05) is 24.9 Å². The zero-order valence-corrected chi connectivity index (χ0v) is 17.2. The molecule has 1 saturated heterocycles. The zero-order valence-electron chi connectivity index (χ0n) is 17.2. The number of amides is 1. The smallest absolute Gasteiger partial charge is 0.231 e. The Balaban J connectivity index is 1.46. The molecule has 3 aromatic rings. The van der Waals surface area contributed by atoms with Crippen LogP contribution in [-0.2, 0) is 11.3 Å². The van der Waals surface area contributed by atoms with E-state index in [1.807, 2.05) is 41.3 Å². The number of likely N-dealkylation sites (tertiary alicyclic amines) is 1. The van der Waals surface area contributed by atoms with Crippen molar-refractivity contribution in [3.05, 3.63) is 102 Å². The fourth-order valence-corrected chi connectivity index (χ4v) is 5.41. The third-order valence-electron chi connectivity index (χ3n) is 6.85. The molecule has 2 heterocycles. The van der Waals surface area contributed by atoms with Crippen LogP contribution in [-0.4, -0.2) is 24.1 Å². The molecule has 3 aromatic carbocycles. The van der Waals surface area contributed by atoms with Gasteiger partial charge in [-0.15, -0.1) is 0 Å². The highest BCUT2D eigenvalue weighted by molar-refractivity contribution is 5.90. The van der Waals surface area contributed by atoms with Gasteiger partial charge in [0.1, 0.15) is 0 Å². The topological polar surface area (TPSA) is 38.8 Å². The molecule has 6 rings (SSSR count). The maximum atomic E-state index is 13.7. The van der Waals surface area contributed by atoms with Gasteiger partial charge in [0.15, 0.2) is 11.5 Å². The summed E-state index contributed by atoms with van der Waals surface area (Å²) in [6.45, 7) is 6.00. The van der Waals surface area contributed by atoms with Crippen LogP contribution in [0.2, 0.25) is 0 Å². The average Bonchev–Trinajstić information content (AvgIpc) is 3.39. The second kappa shape index (κ2) is 7.02. The number of benzene rings is 3. The van der Waals surface area contributed by atoms with E-state index in [-0.39, 0.29) is 30.5 Å². The number of carbonyl (C=O) groups excluding carboxylic acids is 1. The molecule has 3 aliphatic rings. The highest BCUT2D eigenvalue weighted by atomic mass is 16.7. The maximum Gasteiger partial charge on any atom is 0.231 e. The van der Waals surface area contributed by atoms with Gasteiger partial charge in [0.25, 0.3) is 0 Å². The largest absolute Gasteiger partial charge is 0.454 e. The summed E-state index contributed by atoms with van der Waals surface area (Å²) in [5, 5.41) is 0. The number of fused-ring (bicyclic) bond motifs is 3. The Kier molecular flexibility index (Phi) is 4.13. The summed E-state index contributed by atoms with van der Waals surface area (Å²) >= 11 is 0. The van der Waals surface area contributed by atoms with Gasteiger partial charge in [-0.1, -0.05) is 67.2 Å². The molecule has 4 heteroatoms. The third kappa shape index (κ3) is 2.86. The van der Waals surface area contributed by atoms with E-state index in [2.05, 4.69) is 43.0 Å². The third-order valence-corrected chi connectivity index (χ3v) is 6.85. The first kappa shape index (κ1) is 18.3. The van der Waals surface area contributed by atoms with Crippen molar-refractivity contribution in [2.24, 2.45) is 11.8 Å². The minimum Gasteiger partial charge on any atom is -0.454 e. The molecule has 0 radical (unpaired) electrons. The zero-order chi connectivity index (χ0) is 20.9. The molecule has 4 nitrogen and oxygen atoms in total. The number of hydrogen-bond donors (Lipinski definition) is 0. The van der Waals surface area contributed by atoms with Crippen LogP contribution < -0.4 is 9.47 Å². The second-order valence-corrected chi connectivity index (χ2v) is 8.54. The van der Waals surface area contributed by atoms with Gasteiger partial charge < -0.3 is 14.4 Å². The van der Waals surface area contributed by atoms with Crippen molar-refractivity contribution >= 4 is 11.5 Å². The Bertz CT molecular complexity index is 1170. The van der Waals surface area contributed by atoms with Gasteiger partial charge in [-0.2, -0.15) is 0 Å². The van der Waals surface area contributed by atoms with Crippen LogP contribution >= 0.6 is 0 Å². The molecule has 1 unspecified atom stereocenters. The quantitative estimate of drug-likeness (QED) is 0.621. The molecule has 0 aromatic heterocycles. The molecule has 31 heavy (non-hydrogen) atoms. The Morgan fingerprint density at radius 3 is 2.35 bits per heavy atom. The van der Waals surface area contributed by atoms with Crippen LogP contribution in [0.4, 0.5) is 0 Å². The number of ether oxygens (including phenoxy) is 2. The molecule has 1 amide bonds. The average molecular weight is 409 g/mol. The van der Waals surface area contributed by atoms with Crippen molar-refractivity contribution in [3.8, 4) is 11.5 Å². The Labute approximate surface area is 181 Å². The summed E-state index contributed by atoms with van der Waals surface area (Å²) in [6.07, 6.45) is 0. The second-order valence-electron chi connectivity index (χ2n) is 8.54. The molecule has 0 saturated carbocycles. The van der Waals surface area contributed by atoms with Crippen LogP contribution in [0.1, 0.15) is 28.2 Å². The lowest BCUT2D eigenvalue weighted by Crippen LogP contribution is -2.32. The van der Waals surface area contributed by atoms with Crippen LogP contribution in [0.5, 0.6) is 11.5 Å². The first-order valence-electron chi connectivity index (χ1n) is 10.7. The van der Waals surface area contributed by atoms with E-state index in [9.17, 15) is 4.79 Å². The Hall–Kier alpha value is -3.53. The van der Waals surface area contributed by atoms with Crippen molar-refractivity contribution in [2.45, 2.75) is 12.5 Å².